The van der Waals surface area contributed by atoms with Gasteiger partial charge in [0.2, 0.25) is 0 Å². The van der Waals surface area contributed by atoms with Crippen molar-refractivity contribution in [3.8, 4) is 0 Å². The lowest BCUT2D eigenvalue weighted by atomic mass is 9.61. The van der Waals surface area contributed by atoms with Crippen molar-refractivity contribution >= 4 is 5.97 Å². The van der Waals surface area contributed by atoms with Crippen LogP contribution in [0.2, 0.25) is 0 Å². The van der Waals surface area contributed by atoms with Crippen molar-refractivity contribution in [2.45, 2.75) is 40.0 Å². The van der Waals surface area contributed by atoms with Crippen LogP contribution in [0.4, 0.5) is 0 Å². The van der Waals surface area contributed by atoms with Gasteiger partial charge in [0, 0.05) is 19.6 Å². The van der Waals surface area contributed by atoms with E-state index in [0.717, 1.165) is 19.3 Å². The monoisotopic (exact) mass is 266 g/mol. The Morgan fingerprint density at radius 2 is 2.21 bits per heavy atom. The Labute approximate surface area is 116 Å². The molecule has 0 heterocycles. The zero-order valence-electron chi connectivity index (χ0n) is 12.5. The summed E-state index contributed by atoms with van der Waals surface area (Å²) in [5.74, 6) is -0.556. The van der Waals surface area contributed by atoms with E-state index in [1.165, 1.54) is 5.57 Å². The fourth-order valence-corrected chi connectivity index (χ4v) is 3.12. The highest BCUT2D eigenvalue weighted by Gasteiger charge is 2.48. The van der Waals surface area contributed by atoms with E-state index in [9.17, 15) is 9.90 Å². The van der Waals surface area contributed by atoms with Crippen molar-refractivity contribution in [2.75, 3.05) is 13.7 Å². The Morgan fingerprint density at radius 1 is 1.53 bits per heavy atom. The minimum absolute atomic E-state index is 0.0732. The van der Waals surface area contributed by atoms with E-state index in [2.05, 4.69) is 13.0 Å². The molecule has 0 bridgehead atoms. The van der Waals surface area contributed by atoms with Crippen LogP contribution in [0.15, 0.2) is 23.8 Å². The number of methoxy groups -OCH3 is 1. The number of allylic oxidation sites excluding steroid dienone is 2. The van der Waals surface area contributed by atoms with Gasteiger partial charge in [-0.25, -0.2) is 0 Å². The van der Waals surface area contributed by atoms with Gasteiger partial charge in [-0.1, -0.05) is 51.0 Å². The number of carboxylic acid groups (broad SMARTS) is 1. The molecule has 2 atom stereocenters. The first-order valence-electron chi connectivity index (χ1n) is 7.11. The molecular weight excluding hydrogens is 240 g/mol. The summed E-state index contributed by atoms with van der Waals surface area (Å²) < 4.78 is 5.15. The fourth-order valence-electron chi connectivity index (χ4n) is 3.12. The highest BCUT2D eigenvalue weighted by atomic mass is 16.5. The molecule has 0 aliphatic heterocycles. The summed E-state index contributed by atoms with van der Waals surface area (Å²) in [6.07, 6.45) is 8.58. The third-order valence-corrected chi connectivity index (χ3v) is 4.20. The fraction of sp³-hybridized carbons (Fsp3) is 0.688. The van der Waals surface area contributed by atoms with Crippen molar-refractivity contribution in [3.05, 3.63) is 23.8 Å². The van der Waals surface area contributed by atoms with Crippen LogP contribution >= 0.6 is 0 Å². The zero-order chi connectivity index (χ0) is 14.5. The van der Waals surface area contributed by atoms with Crippen molar-refractivity contribution in [3.63, 3.8) is 0 Å². The third kappa shape index (κ3) is 3.08. The normalized spacial score (nSPS) is 26.6. The highest BCUT2D eigenvalue weighted by molar-refractivity contribution is 5.79. The van der Waals surface area contributed by atoms with Gasteiger partial charge in [0.1, 0.15) is 0 Å². The number of hydrogen-bond donors (Lipinski definition) is 1. The maximum absolute atomic E-state index is 11.9. The van der Waals surface area contributed by atoms with Crippen LogP contribution in [-0.2, 0) is 9.53 Å². The lowest BCUT2D eigenvalue weighted by Gasteiger charge is -2.41. The average Bonchev–Trinajstić information content (AvgIpc) is 2.37. The molecule has 2 unspecified atom stereocenters. The molecule has 0 aromatic carbocycles. The molecule has 0 saturated carbocycles. The first-order valence-corrected chi connectivity index (χ1v) is 7.11. The van der Waals surface area contributed by atoms with Crippen molar-refractivity contribution in [2.24, 2.45) is 17.3 Å². The number of ether oxygens (including phenoxy) is 1. The SMILES string of the molecule is CCCC1C(CCOC)=CC=CC1(C(=O)O)C(C)C. The summed E-state index contributed by atoms with van der Waals surface area (Å²) in [6, 6.07) is 0. The Balaban J connectivity index is 3.13. The van der Waals surface area contributed by atoms with E-state index in [0.29, 0.717) is 6.61 Å². The van der Waals surface area contributed by atoms with E-state index in [1.807, 2.05) is 26.0 Å². The second-order valence-corrected chi connectivity index (χ2v) is 5.58. The van der Waals surface area contributed by atoms with Crippen LogP contribution in [-0.4, -0.2) is 24.8 Å². The summed E-state index contributed by atoms with van der Waals surface area (Å²) >= 11 is 0. The molecule has 0 amide bonds. The molecule has 108 valence electrons. The number of carboxylic acids is 1. The average molecular weight is 266 g/mol. The van der Waals surface area contributed by atoms with Crippen LogP contribution in [0.25, 0.3) is 0 Å². The summed E-state index contributed by atoms with van der Waals surface area (Å²) in [5.41, 5.74) is 0.440. The van der Waals surface area contributed by atoms with Gasteiger partial charge in [0.25, 0.3) is 0 Å². The molecule has 19 heavy (non-hydrogen) atoms. The van der Waals surface area contributed by atoms with Gasteiger partial charge in [-0.05, 0) is 18.8 Å². The standard InChI is InChI=1S/C16H26O3/c1-5-7-14-13(9-11-19-4)8-6-10-16(14,12(2)3)15(17)18/h6,8,10,12,14H,5,7,9,11H2,1-4H3,(H,17,18). The number of carbonyl (C=O) groups is 1. The molecule has 1 aliphatic rings. The molecule has 0 radical (unpaired) electrons. The van der Waals surface area contributed by atoms with E-state index >= 15 is 0 Å². The first-order chi connectivity index (χ1) is 9.00. The first kappa shape index (κ1) is 16.0. The lowest BCUT2D eigenvalue weighted by Crippen LogP contribution is -2.43. The molecule has 1 rings (SSSR count). The van der Waals surface area contributed by atoms with Crippen molar-refractivity contribution in [1.29, 1.82) is 0 Å². The largest absolute Gasteiger partial charge is 0.481 e. The maximum atomic E-state index is 11.9. The van der Waals surface area contributed by atoms with Crippen LogP contribution in [0, 0.1) is 17.3 Å². The van der Waals surface area contributed by atoms with Crippen molar-refractivity contribution < 1.29 is 14.6 Å². The topological polar surface area (TPSA) is 46.5 Å². The molecular formula is C16H26O3. The van der Waals surface area contributed by atoms with Crippen LogP contribution in [0.3, 0.4) is 0 Å². The van der Waals surface area contributed by atoms with Crippen molar-refractivity contribution in [1.82, 2.24) is 0 Å². The van der Waals surface area contributed by atoms with Gasteiger partial charge in [-0.2, -0.15) is 0 Å². The second-order valence-electron chi connectivity index (χ2n) is 5.58. The third-order valence-electron chi connectivity index (χ3n) is 4.20. The molecule has 0 saturated heterocycles. The highest BCUT2D eigenvalue weighted by Crippen LogP contribution is 2.47. The van der Waals surface area contributed by atoms with Gasteiger partial charge < -0.3 is 9.84 Å². The molecule has 3 heteroatoms. The van der Waals surface area contributed by atoms with Gasteiger partial charge in [-0.3, -0.25) is 4.79 Å². The quantitative estimate of drug-likeness (QED) is 0.765. The molecule has 0 aromatic rings. The van der Waals surface area contributed by atoms with E-state index in [4.69, 9.17) is 4.74 Å². The van der Waals surface area contributed by atoms with Gasteiger partial charge >= 0.3 is 5.97 Å². The summed E-state index contributed by atoms with van der Waals surface area (Å²) in [4.78, 5) is 11.9. The number of hydrogen-bond acceptors (Lipinski definition) is 2. The number of rotatable bonds is 7. The van der Waals surface area contributed by atoms with Crippen LogP contribution < -0.4 is 0 Å². The Kier molecular flexibility index (Phi) is 5.80. The maximum Gasteiger partial charge on any atom is 0.314 e. The van der Waals surface area contributed by atoms with Crippen LogP contribution in [0.1, 0.15) is 40.0 Å². The minimum Gasteiger partial charge on any atom is -0.481 e. The van der Waals surface area contributed by atoms with Crippen LogP contribution in [0.5, 0.6) is 0 Å². The van der Waals surface area contributed by atoms with Gasteiger partial charge in [-0.15, -0.1) is 0 Å². The molecule has 0 fully saturated rings. The Hall–Kier alpha value is -1.09. The van der Waals surface area contributed by atoms with Gasteiger partial charge in [0.15, 0.2) is 0 Å². The summed E-state index contributed by atoms with van der Waals surface area (Å²) in [6.45, 7) is 6.76. The number of aliphatic carboxylic acids is 1. The summed E-state index contributed by atoms with van der Waals surface area (Å²) in [7, 11) is 1.68. The Bertz CT molecular complexity index is 368. The van der Waals surface area contributed by atoms with E-state index < -0.39 is 11.4 Å². The van der Waals surface area contributed by atoms with E-state index in [1.54, 1.807) is 7.11 Å². The van der Waals surface area contributed by atoms with E-state index in [-0.39, 0.29) is 11.8 Å². The summed E-state index contributed by atoms with van der Waals surface area (Å²) in [5, 5.41) is 9.79. The predicted molar refractivity (Wildman–Crippen MR) is 77.0 cm³/mol. The lowest BCUT2D eigenvalue weighted by molar-refractivity contribution is -0.151. The minimum atomic E-state index is -0.770. The zero-order valence-corrected chi connectivity index (χ0v) is 12.5. The smallest absolute Gasteiger partial charge is 0.314 e. The van der Waals surface area contributed by atoms with Gasteiger partial charge in [0.05, 0.1) is 5.41 Å². The predicted octanol–water partition coefficient (Wildman–Crippen LogP) is 3.66. The molecule has 0 spiro atoms. The molecule has 1 N–H and O–H groups in total. The molecule has 3 nitrogen and oxygen atoms in total. The Morgan fingerprint density at radius 3 is 2.68 bits per heavy atom. The molecule has 1 aliphatic carbocycles. The molecule has 0 aromatic heterocycles. The second kappa shape index (κ2) is 6.90.